The van der Waals surface area contributed by atoms with Crippen molar-refractivity contribution in [3.05, 3.63) is 35.9 Å². The Kier molecular flexibility index (Phi) is 5.70. The van der Waals surface area contributed by atoms with Gasteiger partial charge in [-0.2, -0.15) is 0 Å². The summed E-state index contributed by atoms with van der Waals surface area (Å²) < 4.78 is 0. The normalized spacial score (nSPS) is 16.8. The molecule has 0 heterocycles. The second-order valence-corrected chi connectivity index (χ2v) is 5.47. The first kappa shape index (κ1) is 14.2. The summed E-state index contributed by atoms with van der Waals surface area (Å²) in [7, 11) is 0. The van der Waals surface area contributed by atoms with Gasteiger partial charge in [0.15, 0.2) is 0 Å². The van der Waals surface area contributed by atoms with Crippen LogP contribution < -0.4 is 5.32 Å². The van der Waals surface area contributed by atoms with Crippen molar-refractivity contribution in [1.29, 1.82) is 0 Å². The number of hydrogen-bond acceptors (Lipinski definition) is 1. The van der Waals surface area contributed by atoms with E-state index < -0.39 is 0 Å². The van der Waals surface area contributed by atoms with E-state index in [0.29, 0.717) is 18.0 Å². The fourth-order valence-corrected chi connectivity index (χ4v) is 2.13. The summed E-state index contributed by atoms with van der Waals surface area (Å²) in [6, 6.07) is 11.8. The highest BCUT2D eigenvalue weighted by Gasteiger charge is 2.19. The van der Waals surface area contributed by atoms with Gasteiger partial charge in [0.2, 0.25) is 0 Å². The molecule has 0 spiro atoms. The molecule has 0 amide bonds. The van der Waals surface area contributed by atoms with Crippen molar-refractivity contribution < 1.29 is 0 Å². The minimum atomic E-state index is 0.459. The third kappa shape index (κ3) is 4.16. The van der Waals surface area contributed by atoms with Crippen LogP contribution in [0.1, 0.15) is 52.6 Å². The third-order valence-electron chi connectivity index (χ3n) is 3.77. The largest absolute Gasteiger partial charge is 0.307 e. The summed E-state index contributed by atoms with van der Waals surface area (Å²) in [4.78, 5) is 0. The molecule has 0 bridgehead atoms. The van der Waals surface area contributed by atoms with Gasteiger partial charge < -0.3 is 5.32 Å². The zero-order valence-corrected chi connectivity index (χ0v) is 11.9. The monoisotopic (exact) mass is 233 g/mol. The van der Waals surface area contributed by atoms with Crippen LogP contribution in [0.2, 0.25) is 0 Å². The van der Waals surface area contributed by atoms with Crippen molar-refractivity contribution in [2.24, 2.45) is 11.8 Å². The van der Waals surface area contributed by atoms with Gasteiger partial charge in [0.05, 0.1) is 0 Å². The predicted octanol–water partition coefficient (Wildman–Crippen LogP) is 4.41. The van der Waals surface area contributed by atoms with Crippen LogP contribution in [0.5, 0.6) is 0 Å². The number of rotatable bonds is 6. The molecule has 96 valence electrons. The molecule has 1 nitrogen and oxygen atoms in total. The molecule has 0 aliphatic carbocycles. The van der Waals surface area contributed by atoms with Crippen LogP contribution in [-0.4, -0.2) is 6.04 Å². The highest BCUT2D eigenvalue weighted by atomic mass is 15.0. The standard InChI is InChI=1S/C16H27N/c1-6-13(4)14(5)17-16(12(2)3)15-10-8-7-9-11-15/h7-14,16-17H,6H2,1-5H3. The van der Waals surface area contributed by atoms with Crippen molar-refractivity contribution in [3.8, 4) is 0 Å². The summed E-state index contributed by atoms with van der Waals surface area (Å²) >= 11 is 0. The van der Waals surface area contributed by atoms with Gasteiger partial charge in [0, 0.05) is 12.1 Å². The van der Waals surface area contributed by atoms with Crippen LogP contribution in [0.25, 0.3) is 0 Å². The molecular formula is C16H27N. The molecule has 1 rings (SSSR count). The summed E-state index contributed by atoms with van der Waals surface area (Å²) in [5, 5.41) is 3.78. The van der Waals surface area contributed by atoms with E-state index in [2.05, 4.69) is 70.3 Å². The maximum atomic E-state index is 3.78. The maximum Gasteiger partial charge on any atom is 0.0345 e. The molecule has 0 aliphatic rings. The van der Waals surface area contributed by atoms with E-state index in [4.69, 9.17) is 0 Å². The highest BCUT2D eigenvalue weighted by Crippen LogP contribution is 2.23. The fourth-order valence-electron chi connectivity index (χ4n) is 2.13. The van der Waals surface area contributed by atoms with E-state index in [1.54, 1.807) is 0 Å². The molecule has 1 aromatic rings. The Labute approximate surface area is 107 Å². The van der Waals surface area contributed by atoms with Crippen molar-refractivity contribution in [3.63, 3.8) is 0 Å². The van der Waals surface area contributed by atoms with Gasteiger partial charge in [-0.15, -0.1) is 0 Å². The molecule has 0 fully saturated rings. The summed E-state index contributed by atoms with van der Waals surface area (Å²) in [6.07, 6.45) is 1.23. The molecular weight excluding hydrogens is 206 g/mol. The molecule has 1 aromatic carbocycles. The molecule has 1 heteroatoms. The topological polar surface area (TPSA) is 12.0 Å². The molecule has 0 saturated heterocycles. The average molecular weight is 233 g/mol. The smallest absolute Gasteiger partial charge is 0.0345 e. The molecule has 0 saturated carbocycles. The van der Waals surface area contributed by atoms with Crippen LogP contribution in [0.15, 0.2) is 30.3 Å². The average Bonchev–Trinajstić information content (AvgIpc) is 2.35. The van der Waals surface area contributed by atoms with Crippen LogP contribution in [0.4, 0.5) is 0 Å². The number of hydrogen-bond donors (Lipinski definition) is 1. The van der Waals surface area contributed by atoms with Crippen LogP contribution >= 0.6 is 0 Å². The lowest BCUT2D eigenvalue weighted by molar-refractivity contribution is 0.308. The Morgan fingerprint density at radius 3 is 2.06 bits per heavy atom. The van der Waals surface area contributed by atoms with Crippen molar-refractivity contribution in [2.75, 3.05) is 0 Å². The first-order chi connectivity index (χ1) is 8.06. The Morgan fingerprint density at radius 1 is 1.00 bits per heavy atom. The second kappa shape index (κ2) is 6.80. The highest BCUT2D eigenvalue weighted by molar-refractivity contribution is 5.19. The van der Waals surface area contributed by atoms with E-state index in [0.717, 1.165) is 5.92 Å². The van der Waals surface area contributed by atoms with Gasteiger partial charge in [0.25, 0.3) is 0 Å². The van der Waals surface area contributed by atoms with Crippen molar-refractivity contribution in [1.82, 2.24) is 5.32 Å². The van der Waals surface area contributed by atoms with Gasteiger partial charge in [-0.3, -0.25) is 0 Å². The van der Waals surface area contributed by atoms with E-state index in [-0.39, 0.29) is 0 Å². The van der Waals surface area contributed by atoms with Gasteiger partial charge in [0.1, 0.15) is 0 Å². The molecule has 0 aliphatic heterocycles. The van der Waals surface area contributed by atoms with Gasteiger partial charge in [-0.1, -0.05) is 64.4 Å². The summed E-state index contributed by atoms with van der Waals surface area (Å²) in [6.45, 7) is 11.4. The first-order valence-electron chi connectivity index (χ1n) is 6.87. The minimum Gasteiger partial charge on any atom is -0.307 e. The van der Waals surface area contributed by atoms with Gasteiger partial charge in [-0.05, 0) is 24.3 Å². The fraction of sp³-hybridized carbons (Fsp3) is 0.625. The minimum absolute atomic E-state index is 0.459. The van der Waals surface area contributed by atoms with Gasteiger partial charge >= 0.3 is 0 Å². The summed E-state index contributed by atoms with van der Waals surface area (Å²) in [5.74, 6) is 1.34. The lowest BCUT2D eigenvalue weighted by atomic mass is 9.92. The van der Waals surface area contributed by atoms with Crippen LogP contribution in [0, 0.1) is 11.8 Å². The van der Waals surface area contributed by atoms with E-state index in [1.807, 2.05) is 0 Å². The maximum absolute atomic E-state index is 3.78. The Balaban J connectivity index is 2.74. The zero-order chi connectivity index (χ0) is 12.8. The molecule has 0 aromatic heterocycles. The lowest BCUT2D eigenvalue weighted by Gasteiger charge is -2.29. The van der Waals surface area contributed by atoms with Crippen LogP contribution in [-0.2, 0) is 0 Å². The van der Waals surface area contributed by atoms with Gasteiger partial charge in [-0.25, -0.2) is 0 Å². The van der Waals surface area contributed by atoms with E-state index in [9.17, 15) is 0 Å². The van der Waals surface area contributed by atoms with Crippen LogP contribution in [0.3, 0.4) is 0 Å². The SMILES string of the molecule is CCC(C)C(C)NC(c1ccccc1)C(C)C. The quantitative estimate of drug-likeness (QED) is 0.767. The number of benzene rings is 1. The Bertz CT molecular complexity index is 305. The molecule has 0 radical (unpaired) electrons. The summed E-state index contributed by atoms with van der Waals surface area (Å²) in [5.41, 5.74) is 1.40. The van der Waals surface area contributed by atoms with Crippen molar-refractivity contribution >= 4 is 0 Å². The first-order valence-corrected chi connectivity index (χ1v) is 6.87. The lowest BCUT2D eigenvalue weighted by Crippen LogP contribution is -2.37. The molecule has 17 heavy (non-hydrogen) atoms. The predicted molar refractivity (Wildman–Crippen MR) is 76.1 cm³/mol. The van der Waals surface area contributed by atoms with E-state index in [1.165, 1.54) is 12.0 Å². The third-order valence-corrected chi connectivity index (χ3v) is 3.77. The number of nitrogens with one attached hydrogen (secondary N) is 1. The second-order valence-electron chi connectivity index (χ2n) is 5.47. The Hall–Kier alpha value is -0.820. The van der Waals surface area contributed by atoms with Crippen molar-refractivity contribution in [2.45, 2.75) is 53.1 Å². The molecule has 3 atom stereocenters. The zero-order valence-electron chi connectivity index (χ0n) is 11.9. The molecule has 1 N–H and O–H groups in total. The Morgan fingerprint density at radius 2 is 1.59 bits per heavy atom. The molecule has 3 unspecified atom stereocenters. The van der Waals surface area contributed by atoms with E-state index >= 15 is 0 Å².